The van der Waals surface area contributed by atoms with Crippen LogP contribution in [0.3, 0.4) is 0 Å². The zero-order chi connectivity index (χ0) is 11.9. The monoisotopic (exact) mass is 275 g/mol. The first kappa shape index (κ1) is 13.2. The Balaban J connectivity index is 2.83. The molecule has 1 rings (SSSR count). The molecule has 0 bridgehead atoms. The highest BCUT2D eigenvalue weighted by molar-refractivity contribution is 9.10. The van der Waals surface area contributed by atoms with Crippen molar-refractivity contribution in [1.82, 2.24) is 4.90 Å². The topological polar surface area (TPSA) is 20.3 Å². The SMILES string of the molecule is CN(C)C[C@]1(C)CC(=O)[C@@H](Br)C(C)(C)C1. The molecule has 0 heterocycles. The molecule has 1 aliphatic carbocycles. The van der Waals surface area contributed by atoms with Crippen LogP contribution < -0.4 is 0 Å². The molecule has 2 atom stereocenters. The zero-order valence-corrected chi connectivity index (χ0v) is 12.0. The van der Waals surface area contributed by atoms with Gasteiger partial charge in [-0.3, -0.25) is 4.79 Å². The highest BCUT2D eigenvalue weighted by Gasteiger charge is 2.46. The van der Waals surface area contributed by atoms with Crippen LogP contribution in [0.2, 0.25) is 0 Å². The van der Waals surface area contributed by atoms with E-state index in [0.717, 1.165) is 13.0 Å². The molecule has 88 valence electrons. The van der Waals surface area contributed by atoms with E-state index in [1.165, 1.54) is 0 Å². The van der Waals surface area contributed by atoms with E-state index in [9.17, 15) is 4.79 Å². The van der Waals surface area contributed by atoms with Gasteiger partial charge in [0.25, 0.3) is 0 Å². The van der Waals surface area contributed by atoms with E-state index < -0.39 is 0 Å². The first-order chi connectivity index (χ1) is 6.66. The lowest BCUT2D eigenvalue weighted by Crippen LogP contribution is -2.48. The van der Waals surface area contributed by atoms with Crippen LogP contribution in [0.1, 0.15) is 33.6 Å². The molecule has 0 N–H and O–H groups in total. The number of hydrogen-bond acceptors (Lipinski definition) is 2. The van der Waals surface area contributed by atoms with E-state index in [1.54, 1.807) is 0 Å². The lowest BCUT2D eigenvalue weighted by molar-refractivity contribution is -0.126. The van der Waals surface area contributed by atoms with Gasteiger partial charge in [0.15, 0.2) is 0 Å². The maximum atomic E-state index is 11.9. The Morgan fingerprint density at radius 2 is 1.93 bits per heavy atom. The molecule has 1 fully saturated rings. The summed E-state index contributed by atoms with van der Waals surface area (Å²) in [5.74, 6) is 0.357. The van der Waals surface area contributed by atoms with Crippen LogP contribution >= 0.6 is 15.9 Å². The lowest BCUT2D eigenvalue weighted by atomic mass is 9.64. The Bertz CT molecular complexity index is 262. The molecular formula is C12H22BrNO. The molecule has 1 saturated carbocycles. The van der Waals surface area contributed by atoms with Gasteiger partial charge in [-0.1, -0.05) is 36.7 Å². The molecule has 0 aliphatic heterocycles. The highest BCUT2D eigenvalue weighted by Crippen LogP contribution is 2.47. The fourth-order valence-corrected chi connectivity index (χ4v) is 3.40. The van der Waals surface area contributed by atoms with Crippen molar-refractivity contribution in [1.29, 1.82) is 0 Å². The summed E-state index contributed by atoms with van der Waals surface area (Å²) in [6, 6.07) is 0. The number of hydrogen-bond donors (Lipinski definition) is 0. The van der Waals surface area contributed by atoms with Gasteiger partial charge in [0.05, 0.1) is 4.83 Å². The standard InChI is InChI=1S/C12H22BrNO/c1-11(2)7-12(3,8-14(4)5)6-9(15)10(11)13/h10H,6-8H2,1-5H3/t10-,12-/m1/s1. The number of halogens is 1. The van der Waals surface area contributed by atoms with E-state index in [0.29, 0.717) is 12.2 Å². The van der Waals surface area contributed by atoms with Crippen molar-refractivity contribution in [2.75, 3.05) is 20.6 Å². The summed E-state index contributed by atoms with van der Waals surface area (Å²) in [5, 5.41) is 0. The minimum Gasteiger partial charge on any atom is -0.309 e. The van der Waals surface area contributed by atoms with Gasteiger partial charge in [0.1, 0.15) is 5.78 Å². The second-order valence-corrected chi connectivity index (χ2v) is 7.14. The van der Waals surface area contributed by atoms with Crippen molar-refractivity contribution >= 4 is 21.7 Å². The third-order valence-corrected chi connectivity index (χ3v) is 4.90. The van der Waals surface area contributed by atoms with Crippen molar-refractivity contribution in [2.45, 2.75) is 38.4 Å². The normalized spacial score (nSPS) is 35.9. The molecule has 0 aromatic rings. The summed E-state index contributed by atoms with van der Waals surface area (Å²) in [6.07, 6.45) is 1.80. The summed E-state index contributed by atoms with van der Waals surface area (Å²) in [4.78, 5) is 14.1. The fourth-order valence-electron chi connectivity index (χ4n) is 3.07. The molecule has 0 amide bonds. The van der Waals surface area contributed by atoms with Crippen LogP contribution in [0.4, 0.5) is 0 Å². The van der Waals surface area contributed by atoms with E-state index in [2.05, 4.69) is 55.7 Å². The Hall–Kier alpha value is 0.110. The Morgan fingerprint density at radius 3 is 2.33 bits per heavy atom. The number of nitrogens with zero attached hydrogens (tertiary/aromatic N) is 1. The van der Waals surface area contributed by atoms with E-state index in [4.69, 9.17) is 0 Å². The molecule has 0 unspecified atom stereocenters. The summed E-state index contributed by atoms with van der Waals surface area (Å²) in [6.45, 7) is 7.57. The van der Waals surface area contributed by atoms with Crippen molar-refractivity contribution in [3.05, 3.63) is 0 Å². The van der Waals surface area contributed by atoms with Gasteiger partial charge < -0.3 is 4.90 Å². The molecule has 3 heteroatoms. The van der Waals surface area contributed by atoms with Gasteiger partial charge in [0.2, 0.25) is 0 Å². The maximum Gasteiger partial charge on any atom is 0.147 e. The third kappa shape index (κ3) is 3.04. The smallest absolute Gasteiger partial charge is 0.147 e. The zero-order valence-electron chi connectivity index (χ0n) is 10.4. The first-order valence-corrected chi connectivity index (χ1v) is 6.39. The van der Waals surface area contributed by atoms with Gasteiger partial charge in [-0.05, 0) is 31.3 Å². The van der Waals surface area contributed by atoms with Crippen LogP contribution in [0.25, 0.3) is 0 Å². The van der Waals surface area contributed by atoms with Crippen molar-refractivity contribution in [3.63, 3.8) is 0 Å². The molecule has 1 aliphatic rings. The summed E-state index contributed by atoms with van der Waals surface area (Å²) >= 11 is 3.53. The molecule has 0 aromatic heterocycles. The quantitative estimate of drug-likeness (QED) is 0.723. The molecule has 0 aromatic carbocycles. The molecule has 0 radical (unpaired) electrons. The average molecular weight is 276 g/mol. The van der Waals surface area contributed by atoms with Gasteiger partial charge in [-0.25, -0.2) is 0 Å². The Kier molecular flexibility index (Phi) is 3.66. The fraction of sp³-hybridized carbons (Fsp3) is 0.917. The van der Waals surface area contributed by atoms with Crippen molar-refractivity contribution in [3.8, 4) is 0 Å². The van der Waals surface area contributed by atoms with Crippen LogP contribution in [0.15, 0.2) is 0 Å². The summed E-state index contributed by atoms with van der Waals surface area (Å²) < 4.78 is 0. The second-order valence-electron chi connectivity index (χ2n) is 6.22. The van der Waals surface area contributed by atoms with Crippen LogP contribution in [0.5, 0.6) is 0 Å². The highest BCUT2D eigenvalue weighted by atomic mass is 79.9. The van der Waals surface area contributed by atoms with Gasteiger partial charge in [-0.2, -0.15) is 0 Å². The number of ketones is 1. The Labute approximate surface area is 102 Å². The second kappa shape index (κ2) is 4.17. The van der Waals surface area contributed by atoms with Crippen LogP contribution in [0, 0.1) is 10.8 Å². The van der Waals surface area contributed by atoms with E-state index in [1.807, 2.05) is 0 Å². The predicted molar refractivity (Wildman–Crippen MR) is 67.4 cm³/mol. The number of carbonyl (C=O) groups excluding carboxylic acids is 1. The predicted octanol–water partition coefficient (Wildman–Crippen LogP) is 2.71. The molecule has 0 spiro atoms. The number of Topliss-reactive ketones (excluding diaryl/α,β-unsaturated/α-hetero) is 1. The minimum atomic E-state index is 0.0280. The lowest BCUT2D eigenvalue weighted by Gasteiger charge is -2.45. The van der Waals surface area contributed by atoms with Gasteiger partial charge in [-0.15, -0.1) is 0 Å². The molecule has 2 nitrogen and oxygen atoms in total. The third-order valence-electron chi connectivity index (χ3n) is 3.15. The largest absolute Gasteiger partial charge is 0.309 e. The molecular weight excluding hydrogens is 254 g/mol. The first-order valence-electron chi connectivity index (χ1n) is 5.48. The van der Waals surface area contributed by atoms with E-state index in [-0.39, 0.29) is 15.7 Å². The summed E-state index contributed by atoms with van der Waals surface area (Å²) in [5.41, 5.74) is 0.203. The van der Waals surface area contributed by atoms with E-state index >= 15 is 0 Å². The number of alkyl halides is 1. The van der Waals surface area contributed by atoms with Crippen molar-refractivity contribution < 1.29 is 4.79 Å². The van der Waals surface area contributed by atoms with Crippen LogP contribution in [-0.4, -0.2) is 36.2 Å². The van der Waals surface area contributed by atoms with Gasteiger partial charge >= 0.3 is 0 Å². The summed E-state index contributed by atoms with van der Waals surface area (Å²) in [7, 11) is 4.14. The number of rotatable bonds is 2. The number of carbonyl (C=O) groups is 1. The minimum absolute atomic E-state index is 0.0280. The van der Waals surface area contributed by atoms with Gasteiger partial charge in [0, 0.05) is 13.0 Å². The maximum absolute atomic E-state index is 11.9. The molecule has 15 heavy (non-hydrogen) atoms. The molecule has 0 saturated heterocycles. The van der Waals surface area contributed by atoms with Crippen molar-refractivity contribution in [2.24, 2.45) is 10.8 Å². The van der Waals surface area contributed by atoms with Crippen LogP contribution in [-0.2, 0) is 4.79 Å². The Morgan fingerprint density at radius 1 is 1.40 bits per heavy atom. The average Bonchev–Trinajstić information content (AvgIpc) is 1.96.